The van der Waals surface area contributed by atoms with Gasteiger partial charge in [0, 0.05) is 10.9 Å². The summed E-state index contributed by atoms with van der Waals surface area (Å²) >= 11 is 8.03. The lowest BCUT2D eigenvalue weighted by Gasteiger charge is -2.15. The Balaban J connectivity index is 2.13. The molecule has 4 heteroatoms. The highest BCUT2D eigenvalue weighted by atomic mass is 35.5. The largest absolute Gasteiger partial charge is 0.456 e. The van der Waals surface area contributed by atoms with E-state index < -0.39 is 0 Å². The van der Waals surface area contributed by atoms with Crippen molar-refractivity contribution in [1.29, 1.82) is 0 Å². The zero-order valence-electron chi connectivity index (χ0n) is 12.5. The van der Waals surface area contributed by atoms with Crippen molar-refractivity contribution in [1.82, 2.24) is 5.32 Å². The van der Waals surface area contributed by atoms with Crippen LogP contribution in [-0.4, -0.2) is 12.8 Å². The second-order valence-corrected chi connectivity index (χ2v) is 6.03. The molecule has 21 heavy (non-hydrogen) atoms. The van der Waals surface area contributed by atoms with Gasteiger partial charge < -0.3 is 10.1 Å². The summed E-state index contributed by atoms with van der Waals surface area (Å²) in [5.41, 5.74) is 1.16. The first-order valence-corrected chi connectivity index (χ1v) is 8.59. The highest BCUT2D eigenvalue weighted by Crippen LogP contribution is 2.32. The first-order chi connectivity index (χ1) is 10.1. The van der Waals surface area contributed by atoms with Crippen molar-refractivity contribution in [2.75, 3.05) is 12.8 Å². The van der Waals surface area contributed by atoms with Gasteiger partial charge in [-0.05, 0) is 61.7 Å². The molecule has 2 nitrogen and oxygen atoms in total. The molecule has 1 atom stereocenters. The number of thioether (sulfide) groups is 1. The molecule has 0 amide bonds. The molecular formula is C17H20ClNOS. The van der Waals surface area contributed by atoms with Gasteiger partial charge in [-0.15, -0.1) is 11.8 Å². The Kier molecular flexibility index (Phi) is 5.97. The van der Waals surface area contributed by atoms with Gasteiger partial charge >= 0.3 is 0 Å². The maximum atomic E-state index is 6.33. The molecule has 112 valence electrons. The van der Waals surface area contributed by atoms with E-state index in [-0.39, 0.29) is 6.04 Å². The molecule has 0 saturated heterocycles. The highest BCUT2D eigenvalue weighted by molar-refractivity contribution is 7.98. The average molecular weight is 322 g/mol. The van der Waals surface area contributed by atoms with E-state index in [1.54, 1.807) is 11.8 Å². The Bertz CT molecular complexity index is 586. The predicted octanol–water partition coefficient (Wildman–Crippen LogP) is 5.52. The molecule has 0 saturated carbocycles. The summed E-state index contributed by atoms with van der Waals surface area (Å²) in [4.78, 5) is 1.21. The maximum Gasteiger partial charge on any atom is 0.146 e. The van der Waals surface area contributed by atoms with Crippen molar-refractivity contribution in [3.05, 3.63) is 53.1 Å². The van der Waals surface area contributed by atoms with Crippen LogP contribution in [0.1, 0.15) is 25.5 Å². The lowest BCUT2D eigenvalue weighted by Crippen LogP contribution is -2.17. The molecule has 0 aliphatic heterocycles. The van der Waals surface area contributed by atoms with Gasteiger partial charge in [0.15, 0.2) is 0 Å². The standard InChI is InChI=1S/C17H20ClNOS/c1-4-19-12(2)13-5-10-17(16(18)11-13)20-14-6-8-15(21-3)9-7-14/h5-12,19H,4H2,1-3H3. The van der Waals surface area contributed by atoms with E-state index in [4.69, 9.17) is 16.3 Å². The van der Waals surface area contributed by atoms with Crippen molar-refractivity contribution >= 4 is 23.4 Å². The molecule has 1 N–H and O–H groups in total. The van der Waals surface area contributed by atoms with Gasteiger partial charge in [0.1, 0.15) is 11.5 Å². The van der Waals surface area contributed by atoms with Crippen molar-refractivity contribution in [2.45, 2.75) is 24.8 Å². The summed E-state index contributed by atoms with van der Waals surface area (Å²) in [5.74, 6) is 1.48. The smallest absolute Gasteiger partial charge is 0.146 e. The quantitative estimate of drug-likeness (QED) is 0.707. The van der Waals surface area contributed by atoms with Gasteiger partial charge in [-0.25, -0.2) is 0 Å². The van der Waals surface area contributed by atoms with Gasteiger partial charge in [-0.2, -0.15) is 0 Å². The Morgan fingerprint density at radius 2 is 1.90 bits per heavy atom. The monoisotopic (exact) mass is 321 g/mol. The molecule has 0 radical (unpaired) electrons. The van der Waals surface area contributed by atoms with Crippen LogP contribution in [0.4, 0.5) is 0 Å². The Morgan fingerprint density at radius 1 is 1.19 bits per heavy atom. The van der Waals surface area contributed by atoms with E-state index in [1.165, 1.54) is 4.90 Å². The number of ether oxygens (including phenoxy) is 1. The molecule has 0 fully saturated rings. The second-order valence-electron chi connectivity index (χ2n) is 4.75. The first-order valence-electron chi connectivity index (χ1n) is 6.98. The molecule has 0 spiro atoms. The molecular weight excluding hydrogens is 302 g/mol. The minimum absolute atomic E-state index is 0.280. The lowest BCUT2D eigenvalue weighted by molar-refractivity contribution is 0.481. The van der Waals surface area contributed by atoms with Crippen LogP contribution in [0.25, 0.3) is 0 Å². The topological polar surface area (TPSA) is 21.3 Å². The van der Waals surface area contributed by atoms with E-state index in [1.807, 2.05) is 42.5 Å². The molecule has 0 aliphatic carbocycles. The van der Waals surface area contributed by atoms with Crippen molar-refractivity contribution in [3.8, 4) is 11.5 Å². The summed E-state index contributed by atoms with van der Waals surface area (Å²) in [5, 5.41) is 4.00. The van der Waals surface area contributed by atoms with E-state index in [9.17, 15) is 0 Å². The molecule has 0 heterocycles. The van der Waals surface area contributed by atoms with Gasteiger partial charge in [0.2, 0.25) is 0 Å². The number of hydrogen-bond acceptors (Lipinski definition) is 3. The summed E-state index contributed by atoms with van der Waals surface area (Å²) in [7, 11) is 0. The molecule has 0 bridgehead atoms. The van der Waals surface area contributed by atoms with E-state index in [0.29, 0.717) is 10.8 Å². The predicted molar refractivity (Wildman–Crippen MR) is 91.8 cm³/mol. The minimum Gasteiger partial charge on any atom is -0.456 e. The van der Waals surface area contributed by atoms with Crippen LogP contribution >= 0.6 is 23.4 Å². The average Bonchev–Trinajstić information content (AvgIpc) is 2.50. The third kappa shape index (κ3) is 4.40. The third-order valence-corrected chi connectivity index (χ3v) is 4.29. The number of benzene rings is 2. The van der Waals surface area contributed by atoms with Crippen LogP contribution in [0, 0.1) is 0 Å². The van der Waals surface area contributed by atoms with Gasteiger partial charge in [0.05, 0.1) is 5.02 Å². The van der Waals surface area contributed by atoms with Gasteiger partial charge in [-0.3, -0.25) is 0 Å². The van der Waals surface area contributed by atoms with Crippen LogP contribution < -0.4 is 10.1 Å². The number of hydrogen-bond donors (Lipinski definition) is 1. The summed E-state index contributed by atoms with van der Waals surface area (Å²) in [6.45, 7) is 5.14. The fourth-order valence-electron chi connectivity index (χ4n) is 2.06. The SMILES string of the molecule is CCNC(C)c1ccc(Oc2ccc(SC)cc2)c(Cl)c1. The van der Waals surface area contributed by atoms with E-state index in [0.717, 1.165) is 17.9 Å². The van der Waals surface area contributed by atoms with Gasteiger partial charge in [0.25, 0.3) is 0 Å². The van der Waals surface area contributed by atoms with Crippen molar-refractivity contribution in [3.63, 3.8) is 0 Å². The first kappa shape index (κ1) is 16.2. The number of halogens is 1. The fraction of sp³-hybridized carbons (Fsp3) is 0.294. The van der Waals surface area contributed by atoms with Crippen LogP contribution in [0.3, 0.4) is 0 Å². The normalized spacial score (nSPS) is 12.2. The van der Waals surface area contributed by atoms with E-state index >= 15 is 0 Å². The summed E-state index contributed by atoms with van der Waals surface area (Å²) in [6.07, 6.45) is 2.05. The number of nitrogens with one attached hydrogen (secondary N) is 1. The molecule has 1 unspecified atom stereocenters. The zero-order chi connectivity index (χ0) is 15.2. The maximum absolute atomic E-state index is 6.33. The van der Waals surface area contributed by atoms with Crippen LogP contribution in [0.5, 0.6) is 11.5 Å². The molecule has 2 rings (SSSR count). The fourth-order valence-corrected chi connectivity index (χ4v) is 2.70. The summed E-state index contributed by atoms with van der Waals surface area (Å²) in [6, 6.07) is 14.2. The van der Waals surface area contributed by atoms with Gasteiger partial charge in [-0.1, -0.05) is 24.6 Å². The Labute approximate surface area is 135 Å². The van der Waals surface area contributed by atoms with Crippen molar-refractivity contribution in [2.24, 2.45) is 0 Å². The highest BCUT2D eigenvalue weighted by Gasteiger charge is 2.09. The van der Waals surface area contributed by atoms with Crippen LogP contribution in [0.15, 0.2) is 47.4 Å². The zero-order valence-corrected chi connectivity index (χ0v) is 14.1. The number of rotatable bonds is 6. The minimum atomic E-state index is 0.280. The second kappa shape index (κ2) is 7.74. The molecule has 0 aliphatic rings. The molecule has 2 aromatic rings. The van der Waals surface area contributed by atoms with Crippen LogP contribution in [0.2, 0.25) is 5.02 Å². The van der Waals surface area contributed by atoms with Crippen molar-refractivity contribution < 1.29 is 4.74 Å². The van der Waals surface area contributed by atoms with E-state index in [2.05, 4.69) is 25.4 Å². The van der Waals surface area contributed by atoms with Crippen LogP contribution in [-0.2, 0) is 0 Å². The summed E-state index contributed by atoms with van der Waals surface area (Å²) < 4.78 is 5.84. The third-order valence-electron chi connectivity index (χ3n) is 3.25. The molecule has 2 aromatic carbocycles. The molecule has 0 aromatic heterocycles. The Hall–Kier alpha value is -1.16. The Morgan fingerprint density at radius 3 is 2.48 bits per heavy atom. The lowest BCUT2D eigenvalue weighted by atomic mass is 10.1.